The van der Waals surface area contributed by atoms with Crippen LogP contribution in [0.2, 0.25) is 20.1 Å². The summed E-state index contributed by atoms with van der Waals surface area (Å²) in [6, 6.07) is 10.4. The van der Waals surface area contributed by atoms with Gasteiger partial charge in [0.25, 0.3) is 0 Å². The SMILES string of the molecule is CC1(c2ccc(Cl)cc2Cl)OCC(CO/N=C(\Cn2ccnc2)c2ccc(Cl)cc2Cl)O1. The van der Waals surface area contributed by atoms with E-state index in [1.165, 1.54) is 0 Å². The molecule has 0 radical (unpaired) electrons. The Balaban J connectivity index is 1.46. The molecule has 1 aliphatic heterocycles. The van der Waals surface area contributed by atoms with Crippen LogP contribution in [-0.2, 0) is 26.6 Å². The minimum absolute atomic E-state index is 0.180. The molecule has 0 bridgehead atoms. The minimum atomic E-state index is -1.00. The smallest absolute Gasteiger partial charge is 0.194 e. The van der Waals surface area contributed by atoms with E-state index in [0.717, 1.165) is 0 Å². The summed E-state index contributed by atoms with van der Waals surface area (Å²) >= 11 is 24.7. The minimum Gasteiger partial charge on any atom is -0.393 e. The van der Waals surface area contributed by atoms with Gasteiger partial charge in [-0.05, 0) is 37.3 Å². The molecule has 2 atom stereocenters. The number of hydrogen-bond donors (Lipinski definition) is 0. The number of hydrogen-bond acceptors (Lipinski definition) is 5. The topological polar surface area (TPSA) is 57.9 Å². The second kappa shape index (κ2) is 10.00. The van der Waals surface area contributed by atoms with Crippen LogP contribution >= 0.6 is 46.4 Å². The fourth-order valence-corrected chi connectivity index (χ4v) is 4.46. The number of halogens is 4. The first-order valence-corrected chi connectivity index (χ1v) is 11.2. The number of oxime groups is 1. The molecule has 1 aromatic heterocycles. The molecule has 32 heavy (non-hydrogen) atoms. The number of ether oxygens (including phenoxy) is 2. The van der Waals surface area contributed by atoms with Crippen LogP contribution in [0.25, 0.3) is 0 Å². The van der Waals surface area contributed by atoms with Crippen molar-refractivity contribution in [3.8, 4) is 0 Å². The van der Waals surface area contributed by atoms with E-state index in [1.54, 1.807) is 48.9 Å². The van der Waals surface area contributed by atoms with Gasteiger partial charge in [-0.15, -0.1) is 0 Å². The summed E-state index contributed by atoms with van der Waals surface area (Å²) in [6.07, 6.45) is 4.86. The van der Waals surface area contributed by atoms with Crippen LogP contribution in [0.15, 0.2) is 60.3 Å². The molecule has 1 fully saturated rings. The second-order valence-corrected chi connectivity index (χ2v) is 9.00. The molecule has 0 spiro atoms. The zero-order valence-electron chi connectivity index (χ0n) is 17.0. The molecule has 4 rings (SSSR count). The number of benzene rings is 2. The summed E-state index contributed by atoms with van der Waals surface area (Å²) < 4.78 is 13.8. The van der Waals surface area contributed by atoms with E-state index >= 15 is 0 Å². The van der Waals surface area contributed by atoms with Gasteiger partial charge >= 0.3 is 0 Å². The first-order chi connectivity index (χ1) is 15.3. The van der Waals surface area contributed by atoms with Gasteiger partial charge in [-0.25, -0.2) is 4.98 Å². The number of rotatable bonds is 7. The van der Waals surface area contributed by atoms with Crippen molar-refractivity contribution in [2.45, 2.75) is 25.4 Å². The highest BCUT2D eigenvalue weighted by Crippen LogP contribution is 2.38. The zero-order valence-corrected chi connectivity index (χ0v) is 20.0. The van der Waals surface area contributed by atoms with E-state index in [4.69, 9.17) is 60.7 Å². The fraction of sp³-hybridized carbons (Fsp3) is 0.273. The Morgan fingerprint density at radius 2 is 1.91 bits per heavy atom. The van der Waals surface area contributed by atoms with E-state index in [9.17, 15) is 0 Å². The monoisotopic (exact) mass is 513 g/mol. The molecule has 0 aliphatic carbocycles. The van der Waals surface area contributed by atoms with Gasteiger partial charge in [0.05, 0.1) is 29.5 Å². The van der Waals surface area contributed by atoms with Gasteiger partial charge in [-0.3, -0.25) is 0 Å². The van der Waals surface area contributed by atoms with Crippen molar-refractivity contribution in [3.05, 3.63) is 86.3 Å². The van der Waals surface area contributed by atoms with Gasteiger partial charge in [0, 0.05) is 33.6 Å². The van der Waals surface area contributed by atoms with Crippen LogP contribution in [0.4, 0.5) is 0 Å². The predicted octanol–water partition coefficient (Wildman–Crippen LogP) is 6.21. The molecular weight excluding hydrogens is 496 g/mol. The average molecular weight is 515 g/mol. The van der Waals surface area contributed by atoms with Crippen molar-refractivity contribution in [2.24, 2.45) is 5.16 Å². The zero-order chi connectivity index (χ0) is 22.7. The third-order valence-corrected chi connectivity index (χ3v) is 6.02. The normalized spacial score (nSPS) is 21.2. The second-order valence-electron chi connectivity index (χ2n) is 7.31. The summed E-state index contributed by atoms with van der Waals surface area (Å²) in [6.45, 7) is 2.73. The molecule has 168 valence electrons. The number of nitrogens with zero attached hydrogens (tertiary/aromatic N) is 3. The molecule has 0 amide bonds. The predicted molar refractivity (Wildman–Crippen MR) is 126 cm³/mol. The molecule has 1 aliphatic rings. The average Bonchev–Trinajstić information content (AvgIpc) is 3.37. The van der Waals surface area contributed by atoms with Crippen molar-refractivity contribution in [2.75, 3.05) is 13.2 Å². The van der Waals surface area contributed by atoms with Gasteiger partial charge in [0.1, 0.15) is 18.4 Å². The molecule has 2 aromatic carbocycles. The lowest BCUT2D eigenvalue weighted by Gasteiger charge is -2.24. The molecule has 2 unspecified atom stereocenters. The van der Waals surface area contributed by atoms with Crippen LogP contribution in [0.5, 0.6) is 0 Å². The first kappa shape index (κ1) is 23.4. The summed E-state index contributed by atoms with van der Waals surface area (Å²) in [4.78, 5) is 9.71. The van der Waals surface area contributed by atoms with Crippen molar-refractivity contribution in [1.82, 2.24) is 9.55 Å². The Labute approximate surface area is 205 Å². The lowest BCUT2D eigenvalue weighted by molar-refractivity contribution is -0.167. The maximum Gasteiger partial charge on any atom is 0.194 e. The maximum atomic E-state index is 6.39. The van der Waals surface area contributed by atoms with Crippen LogP contribution in [-0.4, -0.2) is 34.6 Å². The molecule has 10 heteroatoms. The molecule has 2 heterocycles. The van der Waals surface area contributed by atoms with E-state index in [2.05, 4.69) is 10.1 Å². The van der Waals surface area contributed by atoms with Gasteiger partial charge in [0.15, 0.2) is 5.79 Å². The third kappa shape index (κ3) is 5.39. The van der Waals surface area contributed by atoms with Crippen molar-refractivity contribution >= 4 is 52.1 Å². The van der Waals surface area contributed by atoms with Crippen LogP contribution < -0.4 is 0 Å². The lowest BCUT2D eigenvalue weighted by Crippen LogP contribution is -2.26. The third-order valence-electron chi connectivity index (χ3n) is 4.93. The van der Waals surface area contributed by atoms with E-state index in [-0.39, 0.29) is 12.7 Å². The molecule has 3 aromatic rings. The summed E-state index contributed by atoms with van der Waals surface area (Å²) in [7, 11) is 0. The standard InChI is InChI=1S/C22H19Cl4N3O3/c1-22(18-5-3-15(24)9-20(18)26)30-11-16(32-22)12-31-28-21(10-29-7-6-27-13-29)17-4-2-14(23)8-19(17)25/h2-9,13,16H,10-12H2,1H3/b28-21+. The Kier molecular flexibility index (Phi) is 7.30. The number of imidazole rings is 1. The molecule has 0 N–H and O–H groups in total. The van der Waals surface area contributed by atoms with Crippen molar-refractivity contribution in [1.29, 1.82) is 0 Å². The summed E-state index contributed by atoms with van der Waals surface area (Å²) in [5, 5.41) is 6.37. The van der Waals surface area contributed by atoms with Gasteiger partial charge in [-0.2, -0.15) is 0 Å². The highest BCUT2D eigenvalue weighted by atomic mass is 35.5. The molecule has 1 saturated heterocycles. The van der Waals surface area contributed by atoms with Crippen LogP contribution in [0, 0.1) is 0 Å². The van der Waals surface area contributed by atoms with E-state index in [0.29, 0.717) is 50.1 Å². The number of aromatic nitrogens is 2. The molecule has 6 nitrogen and oxygen atoms in total. The Hall–Kier alpha value is -1.80. The molecular formula is C22H19Cl4N3O3. The fourth-order valence-electron chi connectivity index (χ4n) is 3.36. The van der Waals surface area contributed by atoms with E-state index < -0.39 is 5.79 Å². The Bertz CT molecular complexity index is 1120. The maximum absolute atomic E-state index is 6.39. The largest absolute Gasteiger partial charge is 0.393 e. The lowest BCUT2D eigenvalue weighted by atomic mass is 10.1. The first-order valence-electron chi connectivity index (χ1n) is 9.71. The van der Waals surface area contributed by atoms with Gasteiger partial charge in [-0.1, -0.05) is 57.6 Å². The van der Waals surface area contributed by atoms with Crippen molar-refractivity contribution < 1.29 is 14.3 Å². The summed E-state index contributed by atoms with van der Waals surface area (Å²) in [5.41, 5.74) is 2.03. The Morgan fingerprint density at radius 3 is 2.59 bits per heavy atom. The van der Waals surface area contributed by atoms with Crippen molar-refractivity contribution in [3.63, 3.8) is 0 Å². The highest BCUT2D eigenvalue weighted by molar-refractivity contribution is 6.37. The van der Waals surface area contributed by atoms with Gasteiger partial charge in [0.2, 0.25) is 0 Å². The Morgan fingerprint density at radius 1 is 1.16 bits per heavy atom. The quantitative estimate of drug-likeness (QED) is 0.278. The highest BCUT2D eigenvalue weighted by Gasteiger charge is 2.40. The van der Waals surface area contributed by atoms with Crippen LogP contribution in [0.1, 0.15) is 18.1 Å². The molecule has 0 saturated carbocycles. The van der Waals surface area contributed by atoms with Crippen LogP contribution in [0.3, 0.4) is 0 Å². The van der Waals surface area contributed by atoms with E-state index in [1.807, 2.05) is 17.7 Å². The van der Waals surface area contributed by atoms with Gasteiger partial charge < -0.3 is 18.9 Å². The summed E-state index contributed by atoms with van der Waals surface area (Å²) in [5.74, 6) is -1.00.